The van der Waals surface area contributed by atoms with E-state index in [1.807, 2.05) is 30.5 Å². The highest BCUT2D eigenvalue weighted by Crippen LogP contribution is 2.25. The van der Waals surface area contributed by atoms with E-state index in [1.165, 1.54) is 15.6 Å². The fourth-order valence-electron chi connectivity index (χ4n) is 2.08. The van der Waals surface area contributed by atoms with Gasteiger partial charge in [0.25, 0.3) is 0 Å². The third-order valence-corrected chi connectivity index (χ3v) is 3.91. The van der Waals surface area contributed by atoms with E-state index in [1.54, 1.807) is 11.3 Å². The lowest BCUT2D eigenvalue weighted by Crippen LogP contribution is -2.12. The maximum Gasteiger partial charge on any atom is 0.134 e. The zero-order valence-electron chi connectivity index (χ0n) is 11.3. The first-order valence-corrected chi connectivity index (χ1v) is 7.46. The van der Waals surface area contributed by atoms with Gasteiger partial charge in [0.05, 0.1) is 6.54 Å². The molecule has 0 saturated carbocycles. The van der Waals surface area contributed by atoms with Gasteiger partial charge < -0.3 is 10.1 Å². The Balaban J connectivity index is 1.56. The van der Waals surface area contributed by atoms with Gasteiger partial charge in [-0.3, -0.25) is 0 Å². The number of aromatic nitrogens is 1. The van der Waals surface area contributed by atoms with Gasteiger partial charge in [0.1, 0.15) is 18.2 Å². The first-order chi connectivity index (χ1) is 9.83. The van der Waals surface area contributed by atoms with Gasteiger partial charge in [-0.05, 0) is 42.1 Å². The SMILES string of the molecule is Cc1cccc(OCCNc2nccc3sccc23)c1. The number of aryl methyl sites for hydroxylation is 1. The van der Waals surface area contributed by atoms with Crippen molar-refractivity contribution in [1.82, 2.24) is 4.98 Å². The second-order valence-corrected chi connectivity index (χ2v) is 5.53. The van der Waals surface area contributed by atoms with Gasteiger partial charge in [-0.25, -0.2) is 4.98 Å². The van der Waals surface area contributed by atoms with E-state index >= 15 is 0 Å². The molecule has 3 nitrogen and oxygen atoms in total. The van der Waals surface area contributed by atoms with Crippen LogP contribution in [0.3, 0.4) is 0 Å². The molecular formula is C16H16N2OS. The standard InChI is InChI=1S/C16H16N2OS/c1-12-3-2-4-13(11-12)19-9-8-18-16-14-6-10-20-15(14)5-7-17-16/h2-7,10-11H,8-9H2,1H3,(H,17,18). The van der Waals surface area contributed by atoms with E-state index in [0.29, 0.717) is 6.61 Å². The molecule has 2 heterocycles. The topological polar surface area (TPSA) is 34.1 Å². The van der Waals surface area contributed by atoms with Crippen molar-refractivity contribution in [2.24, 2.45) is 0 Å². The van der Waals surface area contributed by atoms with Crippen LogP contribution in [0.1, 0.15) is 5.56 Å². The predicted octanol–water partition coefficient (Wildman–Crippen LogP) is 4.10. The first kappa shape index (κ1) is 12.9. The lowest BCUT2D eigenvalue weighted by atomic mass is 10.2. The minimum absolute atomic E-state index is 0.617. The van der Waals surface area contributed by atoms with Crippen LogP contribution in [0, 0.1) is 6.92 Å². The number of hydrogen-bond donors (Lipinski definition) is 1. The zero-order valence-corrected chi connectivity index (χ0v) is 12.1. The second kappa shape index (κ2) is 5.92. The molecule has 0 fully saturated rings. The molecule has 0 aliphatic carbocycles. The maximum atomic E-state index is 5.71. The largest absolute Gasteiger partial charge is 0.492 e. The summed E-state index contributed by atoms with van der Waals surface area (Å²) < 4.78 is 6.97. The van der Waals surface area contributed by atoms with Crippen LogP contribution < -0.4 is 10.1 Å². The van der Waals surface area contributed by atoms with Gasteiger partial charge in [0, 0.05) is 16.3 Å². The molecule has 2 aromatic heterocycles. The summed E-state index contributed by atoms with van der Waals surface area (Å²) in [6, 6.07) is 12.2. The van der Waals surface area contributed by atoms with Crippen LogP contribution in [0.15, 0.2) is 48.0 Å². The van der Waals surface area contributed by atoms with Gasteiger partial charge in [-0.2, -0.15) is 0 Å². The van der Waals surface area contributed by atoms with Gasteiger partial charge in [0.15, 0.2) is 0 Å². The molecule has 1 aromatic carbocycles. The molecule has 0 spiro atoms. The van der Waals surface area contributed by atoms with E-state index in [-0.39, 0.29) is 0 Å². The van der Waals surface area contributed by atoms with Crippen LogP contribution in [-0.2, 0) is 0 Å². The summed E-state index contributed by atoms with van der Waals surface area (Å²) in [5, 5.41) is 6.59. The minimum atomic E-state index is 0.617. The van der Waals surface area contributed by atoms with Gasteiger partial charge in [-0.1, -0.05) is 12.1 Å². The lowest BCUT2D eigenvalue weighted by molar-refractivity contribution is 0.332. The van der Waals surface area contributed by atoms with Crippen LogP contribution in [-0.4, -0.2) is 18.1 Å². The number of pyridine rings is 1. The Morgan fingerprint density at radius 1 is 1.25 bits per heavy atom. The van der Waals surface area contributed by atoms with Crippen molar-refractivity contribution in [3.63, 3.8) is 0 Å². The smallest absolute Gasteiger partial charge is 0.134 e. The molecule has 0 unspecified atom stereocenters. The van der Waals surface area contributed by atoms with E-state index in [9.17, 15) is 0 Å². The monoisotopic (exact) mass is 284 g/mol. The van der Waals surface area contributed by atoms with E-state index in [4.69, 9.17) is 4.74 Å². The molecule has 4 heteroatoms. The number of fused-ring (bicyclic) bond motifs is 1. The Bertz CT molecular complexity index is 708. The van der Waals surface area contributed by atoms with Crippen LogP contribution in [0.25, 0.3) is 10.1 Å². The number of hydrogen-bond acceptors (Lipinski definition) is 4. The molecule has 0 atom stereocenters. The summed E-state index contributed by atoms with van der Waals surface area (Å²) in [5.74, 6) is 1.84. The Hall–Kier alpha value is -2.07. The van der Waals surface area contributed by atoms with Crippen LogP contribution in [0.4, 0.5) is 5.82 Å². The minimum Gasteiger partial charge on any atom is -0.492 e. The average molecular weight is 284 g/mol. The van der Waals surface area contributed by atoms with Crippen molar-refractivity contribution in [2.45, 2.75) is 6.92 Å². The molecular weight excluding hydrogens is 268 g/mol. The predicted molar refractivity (Wildman–Crippen MR) is 84.8 cm³/mol. The first-order valence-electron chi connectivity index (χ1n) is 6.58. The van der Waals surface area contributed by atoms with Gasteiger partial charge >= 0.3 is 0 Å². The quantitative estimate of drug-likeness (QED) is 0.716. The summed E-state index contributed by atoms with van der Waals surface area (Å²) >= 11 is 1.73. The van der Waals surface area contributed by atoms with Crippen LogP contribution in [0.2, 0.25) is 0 Å². The summed E-state index contributed by atoms with van der Waals surface area (Å²) in [6.07, 6.45) is 1.84. The van der Waals surface area contributed by atoms with Crippen molar-refractivity contribution < 1.29 is 4.74 Å². The fraction of sp³-hybridized carbons (Fsp3) is 0.188. The Labute approximate surface area is 122 Å². The summed E-state index contributed by atoms with van der Waals surface area (Å²) in [4.78, 5) is 4.38. The van der Waals surface area contributed by atoms with Crippen molar-refractivity contribution in [3.8, 4) is 5.75 Å². The Kier molecular flexibility index (Phi) is 3.83. The van der Waals surface area contributed by atoms with E-state index < -0.39 is 0 Å². The molecule has 0 bridgehead atoms. The molecule has 0 amide bonds. The Morgan fingerprint density at radius 3 is 3.10 bits per heavy atom. The van der Waals surface area contributed by atoms with Crippen molar-refractivity contribution >= 4 is 27.2 Å². The van der Waals surface area contributed by atoms with Gasteiger partial charge in [-0.15, -0.1) is 11.3 Å². The normalized spacial score (nSPS) is 10.7. The highest BCUT2D eigenvalue weighted by molar-refractivity contribution is 7.17. The van der Waals surface area contributed by atoms with Crippen LogP contribution >= 0.6 is 11.3 Å². The lowest BCUT2D eigenvalue weighted by Gasteiger charge is -2.09. The molecule has 0 aliphatic rings. The number of rotatable bonds is 5. The molecule has 0 radical (unpaired) electrons. The molecule has 3 rings (SSSR count). The number of anilines is 1. The highest BCUT2D eigenvalue weighted by Gasteiger charge is 2.02. The zero-order chi connectivity index (χ0) is 13.8. The fourth-order valence-corrected chi connectivity index (χ4v) is 2.86. The number of nitrogens with one attached hydrogen (secondary N) is 1. The summed E-state index contributed by atoms with van der Waals surface area (Å²) in [7, 11) is 0. The summed E-state index contributed by atoms with van der Waals surface area (Å²) in [5.41, 5.74) is 1.21. The third-order valence-electron chi connectivity index (χ3n) is 3.03. The summed E-state index contributed by atoms with van der Waals surface area (Å²) in [6.45, 7) is 3.41. The van der Waals surface area contributed by atoms with E-state index in [2.05, 4.69) is 34.7 Å². The second-order valence-electron chi connectivity index (χ2n) is 4.58. The number of benzene rings is 1. The van der Waals surface area contributed by atoms with Crippen molar-refractivity contribution in [1.29, 1.82) is 0 Å². The van der Waals surface area contributed by atoms with Gasteiger partial charge in [0.2, 0.25) is 0 Å². The number of ether oxygens (including phenoxy) is 1. The average Bonchev–Trinajstić information content (AvgIpc) is 2.93. The number of thiophene rings is 1. The molecule has 102 valence electrons. The van der Waals surface area contributed by atoms with Crippen LogP contribution in [0.5, 0.6) is 5.75 Å². The Morgan fingerprint density at radius 2 is 2.20 bits per heavy atom. The molecule has 0 saturated heterocycles. The van der Waals surface area contributed by atoms with E-state index in [0.717, 1.165) is 18.1 Å². The molecule has 3 aromatic rings. The molecule has 20 heavy (non-hydrogen) atoms. The maximum absolute atomic E-state index is 5.71. The molecule has 0 aliphatic heterocycles. The third kappa shape index (κ3) is 2.91. The number of nitrogens with zero attached hydrogens (tertiary/aromatic N) is 1. The molecule has 1 N–H and O–H groups in total. The highest BCUT2D eigenvalue weighted by atomic mass is 32.1. The van der Waals surface area contributed by atoms with Crippen molar-refractivity contribution in [2.75, 3.05) is 18.5 Å². The van der Waals surface area contributed by atoms with Crippen molar-refractivity contribution in [3.05, 3.63) is 53.5 Å².